The fraction of sp³-hybridized carbons (Fsp3) is 0.250. The largest absolute Gasteiger partial charge is 0.206 e. The van der Waals surface area contributed by atoms with Crippen LogP contribution in [0.15, 0.2) is 51.4 Å². The van der Waals surface area contributed by atoms with Crippen LogP contribution in [0.3, 0.4) is 0 Å². The summed E-state index contributed by atoms with van der Waals surface area (Å²) in [4.78, 5) is 0. The fourth-order valence-corrected chi connectivity index (χ4v) is 5.35. The Balaban J connectivity index is 2.49. The van der Waals surface area contributed by atoms with E-state index in [0.29, 0.717) is 4.47 Å². The lowest BCUT2D eigenvalue weighted by molar-refractivity contribution is 0.542. The number of benzene rings is 2. The normalized spacial score (nSPS) is 11.7. The molecule has 0 aliphatic carbocycles. The van der Waals surface area contributed by atoms with E-state index in [-0.39, 0.29) is 11.2 Å². The van der Waals surface area contributed by atoms with Gasteiger partial charge in [-0.05, 0) is 45.6 Å². The van der Waals surface area contributed by atoms with Crippen molar-refractivity contribution in [3.05, 3.63) is 68.4 Å². The first-order valence-electron chi connectivity index (χ1n) is 6.34. The Morgan fingerprint density at radius 2 is 1.57 bits per heavy atom. The van der Waals surface area contributed by atoms with Gasteiger partial charge in [0.25, 0.3) is 0 Å². The molecule has 2 aromatic carbocycles. The number of halogens is 5. The van der Waals surface area contributed by atoms with Crippen molar-refractivity contribution in [3.63, 3.8) is 0 Å². The summed E-state index contributed by atoms with van der Waals surface area (Å²) < 4.78 is 15.4. The number of hydrogen-bond acceptors (Lipinski definition) is 0. The minimum Gasteiger partial charge on any atom is -0.206 e. The van der Waals surface area contributed by atoms with Crippen molar-refractivity contribution in [1.82, 2.24) is 0 Å². The zero-order valence-corrected chi connectivity index (χ0v) is 17.4. The lowest BCUT2D eigenvalue weighted by Gasteiger charge is -2.32. The van der Waals surface area contributed by atoms with Gasteiger partial charge in [0.15, 0.2) is 0 Å². The van der Waals surface area contributed by atoms with Crippen LogP contribution in [-0.4, -0.2) is 10.7 Å². The van der Waals surface area contributed by atoms with Crippen molar-refractivity contribution in [3.8, 4) is 0 Å². The highest BCUT2D eigenvalue weighted by Gasteiger charge is 2.33. The van der Waals surface area contributed by atoms with E-state index in [9.17, 15) is 4.39 Å². The van der Waals surface area contributed by atoms with Crippen molar-refractivity contribution < 1.29 is 4.39 Å². The summed E-state index contributed by atoms with van der Waals surface area (Å²) in [7, 11) is 0. The first-order valence-corrected chi connectivity index (χ1v) is 10.2. The third kappa shape index (κ3) is 3.80. The monoisotopic (exact) mass is 540 g/mol. The molecule has 0 heterocycles. The third-order valence-corrected chi connectivity index (χ3v) is 7.24. The Morgan fingerprint density at radius 1 is 0.905 bits per heavy atom. The Labute approximate surface area is 158 Å². The van der Waals surface area contributed by atoms with E-state index in [0.717, 1.165) is 27.1 Å². The van der Waals surface area contributed by atoms with Gasteiger partial charge in [0.1, 0.15) is 5.82 Å². The van der Waals surface area contributed by atoms with Crippen LogP contribution in [-0.2, 0) is 11.8 Å². The average Bonchev–Trinajstić information content (AvgIpc) is 2.50. The second-order valence-electron chi connectivity index (χ2n) is 4.92. The summed E-state index contributed by atoms with van der Waals surface area (Å²) in [5, 5.41) is 1.55. The molecule has 2 rings (SSSR count). The maximum atomic E-state index is 13.8. The van der Waals surface area contributed by atoms with Crippen LogP contribution in [0.4, 0.5) is 4.39 Å². The molecule has 0 radical (unpaired) electrons. The van der Waals surface area contributed by atoms with Crippen LogP contribution in [0.2, 0.25) is 0 Å². The molecule has 0 aliphatic rings. The minimum atomic E-state index is -0.224. The second kappa shape index (κ2) is 7.71. The zero-order valence-electron chi connectivity index (χ0n) is 11.1. The zero-order chi connectivity index (χ0) is 15.5. The molecule has 112 valence electrons. The van der Waals surface area contributed by atoms with Gasteiger partial charge in [-0.25, -0.2) is 4.39 Å². The van der Waals surface area contributed by atoms with Crippen molar-refractivity contribution in [2.75, 3.05) is 10.7 Å². The number of hydrogen-bond donors (Lipinski definition) is 0. The molecule has 0 nitrogen and oxygen atoms in total. The molecule has 21 heavy (non-hydrogen) atoms. The Morgan fingerprint density at radius 3 is 2.19 bits per heavy atom. The van der Waals surface area contributed by atoms with Gasteiger partial charge in [-0.1, -0.05) is 78.1 Å². The van der Waals surface area contributed by atoms with Crippen LogP contribution in [0, 0.1) is 5.82 Å². The third-order valence-electron chi connectivity index (χ3n) is 3.52. The molecule has 0 spiro atoms. The Kier molecular flexibility index (Phi) is 6.48. The van der Waals surface area contributed by atoms with Crippen molar-refractivity contribution >= 4 is 63.7 Å². The summed E-state index contributed by atoms with van der Waals surface area (Å²) in [6.07, 6.45) is 0.727. The van der Waals surface area contributed by atoms with E-state index in [4.69, 9.17) is 0 Å². The fourth-order valence-electron chi connectivity index (χ4n) is 2.31. The standard InChI is InChI=1S/C16H13Br4F/c17-9-16(10-18,12-5-1-2-6-13(12)19)8-11-4-3-7-14(21)15(11)20/h1-7H,8-10H2. The van der Waals surface area contributed by atoms with Gasteiger partial charge in [0, 0.05) is 20.5 Å². The maximum absolute atomic E-state index is 13.8. The van der Waals surface area contributed by atoms with Gasteiger partial charge in [0.2, 0.25) is 0 Å². The van der Waals surface area contributed by atoms with E-state index < -0.39 is 0 Å². The summed E-state index contributed by atoms with van der Waals surface area (Å²) >= 11 is 14.3. The van der Waals surface area contributed by atoms with Gasteiger partial charge in [0.05, 0.1) is 4.47 Å². The second-order valence-corrected chi connectivity index (χ2v) is 7.69. The lowest BCUT2D eigenvalue weighted by Crippen LogP contribution is -2.33. The van der Waals surface area contributed by atoms with Crippen LogP contribution >= 0.6 is 63.7 Å². The molecule has 0 atom stereocenters. The Bertz CT molecular complexity index is 623. The number of alkyl halides is 2. The Hall–Kier alpha value is 0.290. The highest BCUT2D eigenvalue weighted by Crippen LogP contribution is 2.38. The van der Waals surface area contributed by atoms with Crippen molar-refractivity contribution in [2.45, 2.75) is 11.8 Å². The molecular weight excluding hydrogens is 531 g/mol. The van der Waals surface area contributed by atoms with Crippen molar-refractivity contribution in [2.24, 2.45) is 0 Å². The molecule has 0 fully saturated rings. The van der Waals surface area contributed by atoms with E-state index in [2.05, 4.69) is 69.8 Å². The predicted molar refractivity (Wildman–Crippen MR) is 101 cm³/mol. The average molecular weight is 544 g/mol. The van der Waals surface area contributed by atoms with E-state index in [1.54, 1.807) is 6.07 Å². The van der Waals surface area contributed by atoms with Crippen LogP contribution in [0.5, 0.6) is 0 Å². The van der Waals surface area contributed by atoms with Gasteiger partial charge >= 0.3 is 0 Å². The van der Waals surface area contributed by atoms with E-state index in [1.165, 1.54) is 11.6 Å². The molecule has 0 amide bonds. The molecule has 0 saturated heterocycles. The smallest absolute Gasteiger partial charge is 0.137 e. The first-order chi connectivity index (χ1) is 10.0. The maximum Gasteiger partial charge on any atom is 0.137 e. The molecule has 0 aliphatic heterocycles. The minimum absolute atomic E-state index is 0.156. The summed E-state index contributed by atoms with van der Waals surface area (Å²) in [6.45, 7) is 0. The molecule has 0 bridgehead atoms. The highest BCUT2D eigenvalue weighted by atomic mass is 79.9. The van der Waals surface area contributed by atoms with E-state index >= 15 is 0 Å². The molecule has 5 heteroatoms. The summed E-state index contributed by atoms with van der Waals surface area (Å²) in [5.41, 5.74) is 2.01. The molecule has 0 N–H and O–H groups in total. The predicted octanol–water partition coefficient (Wildman–Crippen LogP) is 6.62. The lowest BCUT2D eigenvalue weighted by atomic mass is 9.79. The van der Waals surface area contributed by atoms with Crippen LogP contribution < -0.4 is 0 Å². The van der Waals surface area contributed by atoms with Gasteiger partial charge in [-0.15, -0.1) is 0 Å². The van der Waals surface area contributed by atoms with Crippen LogP contribution in [0.1, 0.15) is 11.1 Å². The highest BCUT2D eigenvalue weighted by molar-refractivity contribution is 9.11. The molecular formula is C16H13Br4F. The topological polar surface area (TPSA) is 0 Å². The first kappa shape index (κ1) is 17.6. The molecule has 2 aromatic rings. The van der Waals surface area contributed by atoms with Gasteiger partial charge < -0.3 is 0 Å². The van der Waals surface area contributed by atoms with E-state index in [1.807, 2.05) is 24.3 Å². The van der Waals surface area contributed by atoms with Crippen LogP contribution in [0.25, 0.3) is 0 Å². The SMILES string of the molecule is Fc1cccc(CC(CBr)(CBr)c2ccccc2Br)c1Br. The van der Waals surface area contributed by atoms with Gasteiger partial charge in [-0.3, -0.25) is 0 Å². The summed E-state index contributed by atoms with van der Waals surface area (Å²) in [6, 6.07) is 13.4. The van der Waals surface area contributed by atoms with Crippen molar-refractivity contribution in [1.29, 1.82) is 0 Å². The molecule has 0 saturated carbocycles. The quantitative estimate of drug-likeness (QED) is 0.372. The summed E-state index contributed by atoms with van der Waals surface area (Å²) in [5.74, 6) is -0.224. The molecule has 0 unspecified atom stereocenters. The number of rotatable bonds is 5. The van der Waals surface area contributed by atoms with Gasteiger partial charge in [-0.2, -0.15) is 0 Å². The molecule has 0 aromatic heterocycles.